The monoisotopic (exact) mass is 339 g/mol. The zero-order chi connectivity index (χ0) is 17.4. The highest BCUT2D eigenvalue weighted by atomic mass is 16.5. The van der Waals surface area contributed by atoms with Crippen molar-refractivity contribution in [2.45, 2.75) is 25.4 Å². The third-order valence-corrected chi connectivity index (χ3v) is 5.28. The summed E-state index contributed by atoms with van der Waals surface area (Å²) >= 11 is 0. The van der Waals surface area contributed by atoms with Crippen LogP contribution in [0.4, 0.5) is 0 Å². The number of nitrogens with one attached hydrogen (secondary N) is 1. The Labute approximate surface area is 146 Å². The Bertz CT molecular complexity index is 957. The smallest absolute Gasteiger partial charge is 0.336 e. The minimum Gasteiger partial charge on any atom is -0.497 e. The van der Waals surface area contributed by atoms with E-state index in [-0.39, 0.29) is 5.63 Å². The van der Waals surface area contributed by atoms with Crippen LogP contribution in [0.2, 0.25) is 0 Å². The van der Waals surface area contributed by atoms with Gasteiger partial charge in [-0.3, -0.25) is 0 Å². The number of aryl methyl sites for hydroxylation is 1. The van der Waals surface area contributed by atoms with Gasteiger partial charge >= 0.3 is 5.63 Å². The number of hydrogen-bond donors (Lipinski definition) is 1. The van der Waals surface area contributed by atoms with Crippen LogP contribution in [0.1, 0.15) is 30.1 Å². The van der Waals surface area contributed by atoms with E-state index in [9.17, 15) is 4.79 Å². The molecule has 1 fully saturated rings. The highest BCUT2D eigenvalue weighted by Crippen LogP contribution is 2.24. The number of nitrogens with zero attached hydrogens (tertiary/aromatic N) is 1. The van der Waals surface area contributed by atoms with E-state index >= 15 is 0 Å². The molecule has 3 heterocycles. The lowest BCUT2D eigenvalue weighted by Gasteiger charge is -2.22. The molecule has 1 aliphatic heterocycles. The number of rotatable bonds is 4. The number of quaternary nitrogens is 1. The number of ether oxygens (including phenoxy) is 1. The lowest BCUT2D eigenvalue weighted by Crippen LogP contribution is -3.09. The molecule has 5 heteroatoms. The van der Waals surface area contributed by atoms with Gasteiger partial charge in [-0.1, -0.05) is 0 Å². The zero-order valence-corrected chi connectivity index (χ0v) is 14.6. The van der Waals surface area contributed by atoms with E-state index in [4.69, 9.17) is 9.15 Å². The van der Waals surface area contributed by atoms with Crippen LogP contribution in [0.15, 0.2) is 51.8 Å². The summed E-state index contributed by atoms with van der Waals surface area (Å²) in [5, 5.41) is 0.991. The standard InChI is InChI=1S/C20H22N2O3/c1-21-9-3-5-17(21)18-6-4-10-22(18)13-14-11-20(23)25-19-12-15(24-2)7-8-16(14)19/h3,5,7-9,11-12,18H,4,6,10,13H2,1-2H3/p+1/t18-/m0/s1. The molecule has 0 saturated carbocycles. The predicted molar refractivity (Wildman–Crippen MR) is 96.0 cm³/mol. The fraction of sp³-hybridized carbons (Fsp3) is 0.350. The molecule has 5 nitrogen and oxygen atoms in total. The second-order valence-electron chi connectivity index (χ2n) is 6.78. The van der Waals surface area contributed by atoms with Gasteiger partial charge in [-0.05, 0) is 24.3 Å². The number of fused-ring (bicyclic) bond motifs is 1. The van der Waals surface area contributed by atoms with Gasteiger partial charge in [0.15, 0.2) is 0 Å². The van der Waals surface area contributed by atoms with Crippen molar-refractivity contribution in [3.63, 3.8) is 0 Å². The van der Waals surface area contributed by atoms with Crippen LogP contribution in [-0.4, -0.2) is 18.2 Å². The van der Waals surface area contributed by atoms with Crippen molar-refractivity contribution < 1.29 is 14.1 Å². The van der Waals surface area contributed by atoms with E-state index in [2.05, 4.69) is 29.9 Å². The summed E-state index contributed by atoms with van der Waals surface area (Å²) < 4.78 is 12.8. The summed E-state index contributed by atoms with van der Waals surface area (Å²) in [5.41, 5.74) is 2.70. The molecule has 1 aromatic carbocycles. The highest BCUT2D eigenvalue weighted by molar-refractivity contribution is 5.81. The molecule has 4 rings (SSSR count). The topological polar surface area (TPSA) is 48.8 Å². The number of likely N-dealkylation sites (tertiary alicyclic amines) is 1. The molecule has 0 aliphatic carbocycles. The van der Waals surface area contributed by atoms with Crippen LogP contribution in [0.5, 0.6) is 5.75 Å². The average Bonchev–Trinajstić information content (AvgIpc) is 3.22. The molecule has 130 valence electrons. The third kappa shape index (κ3) is 2.96. The maximum absolute atomic E-state index is 12.0. The lowest BCUT2D eigenvalue weighted by atomic mass is 10.1. The Morgan fingerprint density at radius 3 is 2.96 bits per heavy atom. The second-order valence-corrected chi connectivity index (χ2v) is 6.78. The summed E-state index contributed by atoms with van der Waals surface area (Å²) in [6.07, 6.45) is 4.49. The van der Waals surface area contributed by atoms with E-state index in [1.807, 2.05) is 12.1 Å². The van der Waals surface area contributed by atoms with Crippen LogP contribution >= 0.6 is 0 Å². The molecule has 2 aromatic heterocycles. The third-order valence-electron chi connectivity index (χ3n) is 5.28. The summed E-state index contributed by atoms with van der Waals surface area (Å²) in [7, 11) is 3.71. The van der Waals surface area contributed by atoms with Crippen molar-refractivity contribution in [2.75, 3.05) is 13.7 Å². The molecule has 0 radical (unpaired) electrons. The zero-order valence-electron chi connectivity index (χ0n) is 14.6. The molecule has 1 N–H and O–H groups in total. The first-order valence-corrected chi connectivity index (χ1v) is 8.72. The predicted octanol–water partition coefficient (Wildman–Crippen LogP) is 2.06. The van der Waals surface area contributed by atoms with Gasteiger partial charge in [-0.15, -0.1) is 0 Å². The second kappa shape index (κ2) is 6.41. The van der Waals surface area contributed by atoms with E-state index in [1.165, 1.54) is 23.4 Å². The molecule has 0 amide bonds. The quantitative estimate of drug-likeness (QED) is 0.740. The van der Waals surface area contributed by atoms with E-state index < -0.39 is 0 Å². The molecule has 0 spiro atoms. The van der Waals surface area contributed by atoms with Gasteiger partial charge in [0.25, 0.3) is 0 Å². The van der Waals surface area contributed by atoms with E-state index in [0.717, 1.165) is 24.0 Å². The molecule has 3 aromatic rings. The Kier molecular flexibility index (Phi) is 4.09. The van der Waals surface area contributed by atoms with Gasteiger partial charge in [0.05, 0.1) is 19.3 Å². The highest BCUT2D eigenvalue weighted by Gasteiger charge is 2.32. The van der Waals surface area contributed by atoms with Crippen molar-refractivity contribution in [3.8, 4) is 5.75 Å². The molecule has 1 aliphatic rings. The van der Waals surface area contributed by atoms with Crippen LogP contribution in [0.25, 0.3) is 11.0 Å². The Hall–Kier alpha value is -2.53. The maximum atomic E-state index is 12.0. The van der Waals surface area contributed by atoms with Crippen molar-refractivity contribution in [3.05, 3.63) is 64.3 Å². The van der Waals surface area contributed by atoms with Gasteiger partial charge in [0.1, 0.15) is 23.9 Å². The van der Waals surface area contributed by atoms with Crippen molar-refractivity contribution in [2.24, 2.45) is 7.05 Å². The minimum absolute atomic E-state index is 0.301. The molecule has 2 atom stereocenters. The van der Waals surface area contributed by atoms with Gasteiger partial charge in [-0.25, -0.2) is 4.79 Å². The van der Waals surface area contributed by atoms with Gasteiger partial charge in [0.2, 0.25) is 0 Å². The van der Waals surface area contributed by atoms with E-state index in [0.29, 0.717) is 17.4 Å². The number of benzene rings is 1. The Morgan fingerprint density at radius 2 is 2.20 bits per heavy atom. The van der Waals surface area contributed by atoms with Crippen LogP contribution in [0.3, 0.4) is 0 Å². The number of aromatic nitrogens is 1. The Balaban J connectivity index is 1.70. The normalized spacial score (nSPS) is 20.2. The fourth-order valence-corrected chi connectivity index (χ4v) is 4.04. The fourth-order valence-electron chi connectivity index (χ4n) is 4.04. The first-order valence-electron chi connectivity index (χ1n) is 8.72. The summed E-state index contributed by atoms with van der Waals surface area (Å²) in [6.45, 7) is 1.94. The van der Waals surface area contributed by atoms with Gasteiger partial charge in [-0.2, -0.15) is 0 Å². The first kappa shape index (κ1) is 16.0. The number of methoxy groups -OCH3 is 1. The molecule has 1 unspecified atom stereocenters. The minimum atomic E-state index is -0.301. The SMILES string of the molecule is COc1ccc2c(C[NH+]3CCC[C@H]3c3cccn3C)cc(=O)oc2c1. The summed E-state index contributed by atoms with van der Waals surface area (Å²) in [6, 6.07) is 12.1. The molecular weight excluding hydrogens is 316 g/mol. The van der Waals surface area contributed by atoms with Crippen LogP contribution < -0.4 is 15.3 Å². The molecule has 1 saturated heterocycles. The molecule has 0 bridgehead atoms. The van der Waals surface area contributed by atoms with E-state index in [1.54, 1.807) is 19.2 Å². The van der Waals surface area contributed by atoms with Gasteiger partial charge < -0.3 is 18.6 Å². The maximum Gasteiger partial charge on any atom is 0.336 e. The van der Waals surface area contributed by atoms with Crippen molar-refractivity contribution in [1.29, 1.82) is 0 Å². The average molecular weight is 339 g/mol. The summed E-state index contributed by atoms with van der Waals surface area (Å²) in [5.74, 6) is 0.697. The Morgan fingerprint density at radius 1 is 1.32 bits per heavy atom. The van der Waals surface area contributed by atoms with Crippen molar-refractivity contribution in [1.82, 2.24) is 4.57 Å². The first-order chi connectivity index (χ1) is 12.2. The lowest BCUT2D eigenvalue weighted by molar-refractivity contribution is -0.932. The largest absolute Gasteiger partial charge is 0.497 e. The van der Waals surface area contributed by atoms with Gasteiger partial charge in [0, 0.05) is 49.2 Å². The van der Waals surface area contributed by atoms with Crippen molar-refractivity contribution >= 4 is 11.0 Å². The summed E-state index contributed by atoms with van der Waals surface area (Å²) in [4.78, 5) is 13.5. The van der Waals surface area contributed by atoms with Crippen LogP contribution in [-0.2, 0) is 13.6 Å². The molecule has 25 heavy (non-hydrogen) atoms. The number of hydrogen-bond acceptors (Lipinski definition) is 3. The van der Waals surface area contributed by atoms with Crippen LogP contribution in [0, 0.1) is 0 Å². The molecular formula is C20H23N2O3+.